The summed E-state index contributed by atoms with van der Waals surface area (Å²) in [7, 11) is 0. The van der Waals surface area contributed by atoms with Gasteiger partial charge in [0.05, 0.1) is 17.8 Å². The number of fused-ring (bicyclic) bond motifs is 1. The molecule has 3 aliphatic carbocycles. The Kier molecular flexibility index (Phi) is 7.37. The third-order valence-electron chi connectivity index (χ3n) is 8.29. The zero-order chi connectivity index (χ0) is 23.0. The highest BCUT2D eigenvalue weighted by atomic mass is 16.3. The third kappa shape index (κ3) is 5.24. The quantitative estimate of drug-likeness (QED) is 0.486. The normalized spacial score (nSPS) is 37.9. The average molecular weight is 431 g/mol. The molecule has 0 radical (unpaired) electrons. The molecule has 3 aliphatic rings. The third-order valence-corrected chi connectivity index (χ3v) is 8.29. The summed E-state index contributed by atoms with van der Waals surface area (Å²) in [5, 5.41) is 40.4. The van der Waals surface area contributed by atoms with Gasteiger partial charge in [-0.1, -0.05) is 55.9 Å². The second kappa shape index (κ2) is 9.35. The summed E-state index contributed by atoms with van der Waals surface area (Å²) in [6, 6.07) is 0. The van der Waals surface area contributed by atoms with Crippen LogP contribution in [-0.4, -0.2) is 44.3 Å². The first-order valence-corrected chi connectivity index (χ1v) is 12.0. The summed E-state index contributed by atoms with van der Waals surface area (Å²) in [6.07, 6.45) is 13.1. The van der Waals surface area contributed by atoms with E-state index in [4.69, 9.17) is 0 Å². The first kappa shape index (κ1) is 24.4. The van der Waals surface area contributed by atoms with Gasteiger partial charge < -0.3 is 20.4 Å². The first-order chi connectivity index (χ1) is 14.4. The SMILES string of the molecule is C=C1[C@H](O)CC(=CC=C2CCC[C@]3(C)[C@@H]([C@H](C)C=C[C@H](O)C(C)(C)O)CC[C@@H]23)C[C@H]1O. The second-order valence-corrected chi connectivity index (χ2v) is 11.0. The molecule has 0 heterocycles. The van der Waals surface area contributed by atoms with Crippen LogP contribution >= 0.6 is 0 Å². The molecular formula is C27H42O4. The Morgan fingerprint density at radius 3 is 2.35 bits per heavy atom. The van der Waals surface area contributed by atoms with Crippen LogP contribution < -0.4 is 0 Å². The van der Waals surface area contributed by atoms with Gasteiger partial charge in [-0.05, 0) is 87.5 Å². The van der Waals surface area contributed by atoms with Crippen LogP contribution in [0.4, 0.5) is 0 Å². The zero-order valence-electron chi connectivity index (χ0n) is 19.7. The summed E-state index contributed by atoms with van der Waals surface area (Å²) in [5.74, 6) is 1.46. The Morgan fingerprint density at radius 1 is 1.10 bits per heavy atom. The fraction of sp³-hybridized carbons (Fsp3) is 0.704. The second-order valence-electron chi connectivity index (χ2n) is 11.0. The van der Waals surface area contributed by atoms with E-state index in [1.807, 2.05) is 0 Å². The molecule has 0 amide bonds. The van der Waals surface area contributed by atoms with Crippen molar-refractivity contribution in [3.05, 3.63) is 47.6 Å². The van der Waals surface area contributed by atoms with Crippen molar-refractivity contribution in [2.75, 3.05) is 0 Å². The number of hydrogen-bond acceptors (Lipinski definition) is 4. The summed E-state index contributed by atoms with van der Waals surface area (Å²) < 4.78 is 0. The molecule has 4 nitrogen and oxygen atoms in total. The van der Waals surface area contributed by atoms with E-state index in [-0.39, 0.29) is 5.41 Å². The molecule has 31 heavy (non-hydrogen) atoms. The number of allylic oxidation sites excluding steroid dienone is 4. The van der Waals surface area contributed by atoms with Crippen LogP contribution in [0.2, 0.25) is 0 Å². The molecule has 4 N–H and O–H groups in total. The van der Waals surface area contributed by atoms with Gasteiger partial charge in [0.25, 0.3) is 0 Å². The van der Waals surface area contributed by atoms with Crippen LogP contribution in [0.1, 0.15) is 72.6 Å². The monoisotopic (exact) mass is 430 g/mol. The zero-order valence-corrected chi connectivity index (χ0v) is 19.7. The molecule has 3 fully saturated rings. The molecule has 3 rings (SSSR count). The van der Waals surface area contributed by atoms with Crippen LogP contribution in [-0.2, 0) is 0 Å². The Labute approximate surface area is 188 Å². The highest BCUT2D eigenvalue weighted by molar-refractivity contribution is 5.29. The van der Waals surface area contributed by atoms with Gasteiger partial charge in [0.1, 0.15) is 6.10 Å². The molecule has 0 aromatic rings. The maximum Gasteiger partial charge on any atom is 0.100 e. The van der Waals surface area contributed by atoms with Gasteiger partial charge in [0, 0.05) is 0 Å². The van der Waals surface area contributed by atoms with E-state index >= 15 is 0 Å². The maximum atomic E-state index is 10.2. The number of aliphatic hydroxyl groups excluding tert-OH is 3. The average Bonchev–Trinajstić information content (AvgIpc) is 3.05. The lowest BCUT2D eigenvalue weighted by molar-refractivity contribution is -0.0229. The standard InChI is InChI=1S/C27H42O4/c1-17(8-13-25(30)26(3,4)31)21-11-12-22-20(7-6-14-27(21,22)5)10-9-19-15-23(28)18(2)24(29)16-19/h8-10,13,17,21-25,28-31H,2,6-7,11-12,14-16H2,1,3-5H3/t17-,21-,22+,23-,24-,25+,27-/m1/s1. The van der Waals surface area contributed by atoms with Gasteiger partial charge in [-0.2, -0.15) is 0 Å². The molecular weight excluding hydrogens is 388 g/mol. The van der Waals surface area contributed by atoms with E-state index in [2.05, 4.69) is 38.7 Å². The van der Waals surface area contributed by atoms with Crippen molar-refractivity contribution < 1.29 is 20.4 Å². The fourth-order valence-electron chi connectivity index (χ4n) is 6.22. The smallest absolute Gasteiger partial charge is 0.100 e. The van der Waals surface area contributed by atoms with Crippen molar-refractivity contribution in [1.29, 1.82) is 0 Å². The summed E-state index contributed by atoms with van der Waals surface area (Å²) >= 11 is 0. The minimum atomic E-state index is -1.13. The highest BCUT2D eigenvalue weighted by Crippen LogP contribution is 2.59. The Hall–Kier alpha value is -1.20. The van der Waals surface area contributed by atoms with Crippen LogP contribution in [0, 0.1) is 23.2 Å². The van der Waals surface area contributed by atoms with Crippen LogP contribution in [0.25, 0.3) is 0 Å². The van der Waals surface area contributed by atoms with Gasteiger partial charge in [0.15, 0.2) is 0 Å². The topological polar surface area (TPSA) is 80.9 Å². The van der Waals surface area contributed by atoms with Crippen LogP contribution in [0.15, 0.2) is 47.6 Å². The van der Waals surface area contributed by atoms with Crippen molar-refractivity contribution >= 4 is 0 Å². The summed E-state index contributed by atoms with van der Waals surface area (Å²) in [5.41, 5.74) is 2.25. The lowest BCUT2D eigenvalue weighted by Crippen LogP contribution is -2.36. The molecule has 0 aliphatic heterocycles. The molecule has 3 saturated carbocycles. The molecule has 0 aromatic carbocycles. The molecule has 0 saturated heterocycles. The van der Waals surface area contributed by atoms with Crippen molar-refractivity contribution in [1.82, 2.24) is 0 Å². The van der Waals surface area contributed by atoms with Crippen molar-refractivity contribution in [2.45, 2.75) is 96.6 Å². The predicted octanol–water partition coefficient (Wildman–Crippen LogP) is 4.45. The van der Waals surface area contributed by atoms with Gasteiger partial charge in [-0.3, -0.25) is 0 Å². The lowest BCUT2D eigenvalue weighted by Gasteiger charge is -2.44. The van der Waals surface area contributed by atoms with E-state index in [9.17, 15) is 20.4 Å². The Balaban J connectivity index is 1.73. The van der Waals surface area contributed by atoms with E-state index in [0.29, 0.717) is 36.2 Å². The molecule has 0 bridgehead atoms. The number of rotatable bonds is 5. The van der Waals surface area contributed by atoms with Crippen molar-refractivity contribution in [2.24, 2.45) is 23.2 Å². The van der Waals surface area contributed by atoms with E-state index in [1.165, 1.54) is 31.3 Å². The molecule has 0 unspecified atom stereocenters. The van der Waals surface area contributed by atoms with Crippen molar-refractivity contribution in [3.63, 3.8) is 0 Å². The van der Waals surface area contributed by atoms with Crippen LogP contribution in [0.5, 0.6) is 0 Å². The first-order valence-electron chi connectivity index (χ1n) is 12.0. The van der Waals surface area contributed by atoms with Gasteiger partial charge in [-0.25, -0.2) is 0 Å². The highest BCUT2D eigenvalue weighted by Gasteiger charge is 2.50. The minimum absolute atomic E-state index is 0.242. The largest absolute Gasteiger partial charge is 0.388 e. The summed E-state index contributed by atoms with van der Waals surface area (Å²) in [4.78, 5) is 0. The fourth-order valence-corrected chi connectivity index (χ4v) is 6.22. The molecule has 7 atom stereocenters. The van der Waals surface area contributed by atoms with E-state index in [1.54, 1.807) is 19.9 Å². The number of aliphatic hydroxyl groups is 4. The minimum Gasteiger partial charge on any atom is -0.388 e. The van der Waals surface area contributed by atoms with Crippen molar-refractivity contribution in [3.8, 4) is 0 Å². The molecule has 0 aromatic heterocycles. The van der Waals surface area contributed by atoms with Gasteiger partial charge >= 0.3 is 0 Å². The van der Waals surface area contributed by atoms with E-state index in [0.717, 1.165) is 12.0 Å². The summed E-state index contributed by atoms with van der Waals surface area (Å²) in [6.45, 7) is 11.7. The van der Waals surface area contributed by atoms with Gasteiger partial charge in [0.2, 0.25) is 0 Å². The predicted molar refractivity (Wildman–Crippen MR) is 125 cm³/mol. The maximum absolute atomic E-state index is 10.2. The molecule has 174 valence electrons. The Morgan fingerprint density at radius 2 is 1.74 bits per heavy atom. The molecule has 0 spiro atoms. The van der Waals surface area contributed by atoms with E-state index < -0.39 is 23.9 Å². The Bertz CT molecular complexity index is 740. The lowest BCUT2D eigenvalue weighted by atomic mass is 9.61. The molecule has 4 heteroatoms. The van der Waals surface area contributed by atoms with Gasteiger partial charge in [-0.15, -0.1) is 0 Å². The number of hydrogen-bond donors (Lipinski definition) is 4. The van der Waals surface area contributed by atoms with Crippen LogP contribution in [0.3, 0.4) is 0 Å².